The molecule has 4 fully saturated rings. The number of fused-ring (bicyclic) bond motifs is 4. The summed E-state index contributed by atoms with van der Waals surface area (Å²) in [5, 5.41) is 0. The van der Waals surface area contributed by atoms with Gasteiger partial charge in [0.2, 0.25) is 0 Å². The quantitative estimate of drug-likeness (QED) is 0.420. The Balaban J connectivity index is 0.00000274. The SMILES string of the molecule is Cc1ccc(S(=O)(=O)OCCC(B2C3CCCC2CCC3)[B-]2(C)C3CCCC2CCC3)cc1.[Li+]. The number of aryl methyl sites for hydroxylation is 1. The second-order valence-electron chi connectivity index (χ2n) is 12.5. The zero-order valence-electron chi connectivity index (χ0n) is 21.9. The van der Waals surface area contributed by atoms with Crippen LogP contribution in [0.25, 0.3) is 0 Å². The van der Waals surface area contributed by atoms with Crippen molar-refractivity contribution in [2.75, 3.05) is 6.61 Å². The number of hydrogen-bond donors (Lipinski definition) is 0. The van der Waals surface area contributed by atoms with E-state index in [9.17, 15) is 8.42 Å². The summed E-state index contributed by atoms with van der Waals surface area (Å²) in [6, 6.07) is 7.08. The van der Waals surface area contributed by atoms with Crippen LogP contribution in [0.5, 0.6) is 0 Å². The molecule has 0 spiro atoms. The number of rotatable bonds is 7. The maximum atomic E-state index is 12.9. The van der Waals surface area contributed by atoms with Crippen molar-refractivity contribution in [1.82, 2.24) is 0 Å². The Labute approximate surface area is 221 Å². The van der Waals surface area contributed by atoms with Crippen LogP contribution in [-0.4, -0.2) is 27.9 Å². The van der Waals surface area contributed by atoms with E-state index in [4.69, 9.17) is 4.18 Å². The molecule has 0 saturated carbocycles. The molecule has 4 saturated heterocycles. The molecule has 4 heterocycles. The van der Waals surface area contributed by atoms with E-state index < -0.39 is 16.3 Å². The molecule has 3 nitrogen and oxygen atoms in total. The van der Waals surface area contributed by atoms with E-state index in [1.807, 2.05) is 19.1 Å². The van der Waals surface area contributed by atoms with E-state index in [0.29, 0.717) is 17.2 Å². The van der Waals surface area contributed by atoms with Crippen molar-refractivity contribution in [2.45, 2.75) is 131 Å². The third-order valence-electron chi connectivity index (χ3n) is 11.1. The fourth-order valence-electron chi connectivity index (χ4n) is 9.62. The minimum absolute atomic E-state index is 0. The molecule has 0 aromatic heterocycles. The van der Waals surface area contributed by atoms with Crippen LogP contribution < -0.4 is 18.9 Å². The molecule has 4 aliphatic rings. The zero-order valence-corrected chi connectivity index (χ0v) is 22.7. The van der Waals surface area contributed by atoms with E-state index in [0.717, 1.165) is 42.0 Å². The first kappa shape index (κ1) is 26.9. The van der Waals surface area contributed by atoms with Crippen molar-refractivity contribution in [3.05, 3.63) is 29.8 Å². The van der Waals surface area contributed by atoms with Crippen molar-refractivity contribution in [3.8, 4) is 0 Å². The summed E-state index contributed by atoms with van der Waals surface area (Å²) < 4.78 is 31.6. The molecule has 34 heavy (non-hydrogen) atoms. The summed E-state index contributed by atoms with van der Waals surface area (Å²) >= 11 is 0. The van der Waals surface area contributed by atoms with Gasteiger partial charge in [0.15, 0.2) is 0 Å². The van der Waals surface area contributed by atoms with E-state index >= 15 is 0 Å². The predicted octanol–water partition coefficient (Wildman–Crippen LogP) is 4.79. The molecule has 0 N–H and O–H groups in total. The Morgan fingerprint density at radius 2 is 1.35 bits per heavy atom. The van der Waals surface area contributed by atoms with Gasteiger partial charge in [-0.1, -0.05) is 113 Å². The van der Waals surface area contributed by atoms with Gasteiger partial charge in [-0.05, 0) is 19.1 Å². The van der Waals surface area contributed by atoms with Crippen LogP contribution in [0.1, 0.15) is 89.0 Å². The topological polar surface area (TPSA) is 43.4 Å². The number of benzene rings is 1. The predicted molar refractivity (Wildman–Crippen MR) is 140 cm³/mol. The monoisotopic (exact) mass is 476 g/mol. The molecule has 1 aromatic carbocycles. The van der Waals surface area contributed by atoms with Gasteiger partial charge in [-0.3, -0.25) is 4.18 Å². The van der Waals surface area contributed by atoms with Crippen molar-refractivity contribution < 1.29 is 31.5 Å². The summed E-state index contributed by atoms with van der Waals surface area (Å²) in [5.41, 5.74) is 1.74. The van der Waals surface area contributed by atoms with Crippen molar-refractivity contribution in [3.63, 3.8) is 0 Å². The van der Waals surface area contributed by atoms with Gasteiger partial charge in [-0.25, -0.2) is 0 Å². The summed E-state index contributed by atoms with van der Waals surface area (Å²) in [5.74, 6) is 3.52. The van der Waals surface area contributed by atoms with Crippen molar-refractivity contribution in [2.24, 2.45) is 0 Å². The molecule has 1 aromatic rings. The van der Waals surface area contributed by atoms with Crippen molar-refractivity contribution >= 4 is 23.0 Å². The van der Waals surface area contributed by atoms with Gasteiger partial charge in [-0.2, -0.15) is 32.6 Å². The average Bonchev–Trinajstić information content (AvgIpc) is 2.76. The van der Waals surface area contributed by atoms with Crippen LogP contribution in [0.2, 0.25) is 35.8 Å². The van der Waals surface area contributed by atoms with Gasteiger partial charge in [0.05, 0.1) is 11.5 Å². The smallest absolute Gasteiger partial charge is 0.267 e. The second kappa shape index (κ2) is 11.1. The molecule has 4 aliphatic heterocycles. The van der Waals surface area contributed by atoms with E-state index in [2.05, 4.69) is 6.82 Å². The molecule has 5 rings (SSSR count). The van der Waals surface area contributed by atoms with Crippen molar-refractivity contribution in [1.29, 1.82) is 0 Å². The van der Waals surface area contributed by atoms with Crippen LogP contribution in [0.15, 0.2) is 29.2 Å². The molecule has 0 amide bonds. The van der Waals surface area contributed by atoms with E-state index in [1.54, 1.807) is 12.1 Å². The normalized spacial score (nSPS) is 34.2. The third-order valence-corrected chi connectivity index (χ3v) is 12.5. The molecule has 0 radical (unpaired) electrons. The first-order chi connectivity index (χ1) is 15.9. The fraction of sp³-hybridized carbons (Fsp3) is 0.778. The fourth-order valence-corrected chi connectivity index (χ4v) is 10.5. The largest absolute Gasteiger partial charge is 1.00 e. The van der Waals surface area contributed by atoms with Crippen LogP contribution in [-0.2, 0) is 14.3 Å². The standard InChI is InChI=1S/C27H43B2O3S.Li/c1-21-15-17-26(18-16-21)33(30,31)32-20-19-27(28-22-7-3-8-23(28)10-4-9-22)29(2)24-11-5-12-25(29)14-6-13-24;/h15-18,22-25,27H,3-14,19-20H2,1-2H3;/q-1;+1. The molecule has 182 valence electrons. The molecule has 1 atom stereocenters. The minimum atomic E-state index is -3.68. The third kappa shape index (κ3) is 5.14. The average molecular weight is 476 g/mol. The van der Waals surface area contributed by atoms with Gasteiger partial charge in [0.25, 0.3) is 10.1 Å². The summed E-state index contributed by atoms with van der Waals surface area (Å²) in [7, 11) is -3.68. The maximum Gasteiger partial charge on any atom is 1.00 e. The van der Waals surface area contributed by atoms with E-state index in [-0.39, 0.29) is 18.9 Å². The van der Waals surface area contributed by atoms with Gasteiger partial charge in [-0.15, -0.1) is 0 Å². The first-order valence-electron chi connectivity index (χ1n) is 14.1. The van der Waals surface area contributed by atoms with Gasteiger partial charge < -0.3 is 0 Å². The Morgan fingerprint density at radius 1 is 0.882 bits per heavy atom. The van der Waals surface area contributed by atoms with Gasteiger partial charge in [0, 0.05) is 6.15 Å². The van der Waals surface area contributed by atoms with Crippen LogP contribution in [0.3, 0.4) is 0 Å². The molecule has 0 aliphatic carbocycles. The molecular formula is C27H43B2LiO3S. The van der Waals surface area contributed by atoms with Crippen LogP contribution in [0.4, 0.5) is 0 Å². The molecule has 7 heteroatoms. The Bertz CT molecular complexity index is 878. The van der Waals surface area contributed by atoms with E-state index in [1.165, 1.54) is 77.0 Å². The second-order valence-corrected chi connectivity index (χ2v) is 14.1. The summed E-state index contributed by atoms with van der Waals surface area (Å²) in [4.78, 5) is 0.297. The Kier molecular flexibility index (Phi) is 8.77. The summed E-state index contributed by atoms with van der Waals surface area (Å²) in [6.45, 7) is 5.83. The molecule has 1 unspecified atom stereocenters. The Hall–Kier alpha value is -0.143. The zero-order chi connectivity index (χ0) is 23.1. The minimum Gasteiger partial charge on any atom is -0.267 e. The number of hydrogen-bond acceptors (Lipinski definition) is 3. The van der Waals surface area contributed by atoms with Gasteiger partial charge in [0.1, 0.15) is 6.71 Å². The summed E-state index contributed by atoms with van der Waals surface area (Å²) in [6.07, 6.45) is 17.4. The van der Waals surface area contributed by atoms with Gasteiger partial charge >= 0.3 is 18.9 Å². The van der Waals surface area contributed by atoms with Crippen LogP contribution in [0, 0.1) is 6.92 Å². The molecule has 4 bridgehead atoms. The van der Waals surface area contributed by atoms with Crippen LogP contribution >= 0.6 is 0 Å². The first-order valence-corrected chi connectivity index (χ1v) is 15.5. The Morgan fingerprint density at radius 3 is 1.85 bits per heavy atom. The molecular weight excluding hydrogens is 433 g/mol. The maximum absolute atomic E-state index is 12.9.